The zero-order chi connectivity index (χ0) is 15.6. The first kappa shape index (κ1) is 14.7. The number of hydrogen-bond acceptors (Lipinski definition) is 8. The van der Waals surface area contributed by atoms with Crippen molar-refractivity contribution in [1.82, 2.24) is 24.7 Å². The molecule has 0 spiro atoms. The average Bonchev–Trinajstić information content (AvgIpc) is 2.43. The molecule has 10 nitrogen and oxygen atoms in total. The third kappa shape index (κ3) is 3.25. The van der Waals surface area contributed by atoms with Gasteiger partial charge in [-0.05, 0) is 24.8 Å². The lowest BCUT2D eigenvalue weighted by atomic mass is 10.3. The van der Waals surface area contributed by atoms with Gasteiger partial charge in [0.2, 0.25) is 0 Å². The Morgan fingerprint density at radius 1 is 1.43 bits per heavy atom. The highest BCUT2D eigenvalue weighted by Gasteiger charge is 2.11. The Balaban J connectivity index is 2.45. The van der Waals surface area contributed by atoms with E-state index in [9.17, 15) is 9.59 Å². The number of aryl methyl sites for hydroxylation is 2. The van der Waals surface area contributed by atoms with Crippen LogP contribution in [-0.2, 0) is 7.05 Å². The van der Waals surface area contributed by atoms with Crippen LogP contribution in [0.1, 0.15) is 11.4 Å². The first-order valence-corrected chi connectivity index (χ1v) is 6.41. The highest BCUT2D eigenvalue weighted by atomic mass is 32.2. The van der Waals surface area contributed by atoms with Crippen molar-refractivity contribution in [3.05, 3.63) is 38.2 Å². The Morgan fingerprint density at radius 2 is 2.14 bits per heavy atom. The Morgan fingerprint density at radius 3 is 2.81 bits per heavy atom. The summed E-state index contributed by atoms with van der Waals surface area (Å²) in [4.78, 5) is 34.3. The molecule has 0 amide bonds. The van der Waals surface area contributed by atoms with E-state index in [2.05, 4.69) is 25.2 Å². The molecule has 21 heavy (non-hydrogen) atoms. The molecular formula is C10H11N7O3S. The average molecular weight is 309 g/mol. The van der Waals surface area contributed by atoms with Gasteiger partial charge < -0.3 is 10.9 Å². The van der Waals surface area contributed by atoms with Crippen LogP contribution >= 0.6 is 11.8 Å². The van der Waals surface area contributed by atoms with Gasteiger partial charge in [-0.3, -0.25) is 19.4 Å². The van der Waals surface area contributed by atoms with Gasteiger partial charge in [-0.2, -0.15) is 4.98 Å². The van der Waals surface area contributed by atoms with Gasteiger partial charge in [-0.25, -0.2) is 9.97 Å². The van der Waals surface area contributed by atoms with Crippen LogP contribution in [0.4, 0.5) is 0 Å². The molecule has 11 heteroatoms. The van der Waals surface area contributed by atoms with E-state index in [0.717, 1.165) is 11.8 Å². The molecule has 4 N–H and O–H groups in total. The third-order valence-electron chi connectivity index (χ3n) is 2.33. The molecule has 0 aromatic carbocycles. The van der Waals surface area contributed by atoms with Crippen molar-refractivity contribution in [3.8, 4) is 0 Å². The minimum Gasteiger partial charge on any atom is -0.409 e. The SMILES string of the molecule is Cc1cc(/C(N)=N/O)nc(Sc2nc(=O)c(=O)[nH]n2C)n1. The van der Waals surface area contributed by atoms with E-state index in [1.807, 2.05) is 0 Å². The van der Waals surface area contributed by atoms with Crippen molar-refractivity contribution < 1.29 is 5.21 Å². The zero-order valence-electron chi connectivity index (χ0n) is 11.1. The summed E-state index contributed by atoms with van der Waals surface area (Å²) >= 11 is 0.961. The van der Waals surface area contributed by atoms with Crippen LogP contribution in [0.2, 0.25) is 0 Å². The Kier molecular flexibility index (Phi) is 4.03. The van der Waals surface area contributed by atoms with E-state index in [0.29, 0.717) is 5.69 Å². The Hall–Kier alpha value is -2.69. The summed E-state index contributed by atoms with van der Waals surface area (Å²) in [5.41, 5.74) is 4.59. The van der Waals surface area contributed by atoms with E-state index in [1.165, 1.54) is 11.7 Å². The number of nitrogens with two attached hydrogens (primary N) is 1. The number of nitrogens with zero attached hydrogens (tertiary/aromatic N) is 5. The van der Waals surface area contributed by atoms with Crippen molar-refractivity contribution in [2.45, 2.75) is 17.2 Å². The topological polar surface area (TPSA) is 152 Å². The summed E-state index contributed by atoms with van der Waals surface area (Å²) in [5, 5.41) is 14.3. The summed E-state index contributed by atoms with van der Waals surface area (Å²) in [7, 11) is 1.52. The second-order valence-electron chi connectivity index (χ2n) is 3.96. The number of rotatable bonds is 3. The highest BCUT2D eigenvalue weighted by molar-refractivity contribution is 7.99. The quantitative estimate of drug-likeness (QED) is 0.160. The molecule has 0 saturated carbocycles. The molecular weight excluding hydrogens is 298 g/mol. The number of hydrogen-bond donors (Lipinski definition) is 3. The fourth-order valence-corrected chi connectivity index (χ4v) is 2.21. The van der Waals surface area contributed by atoms with Gasteiger partial charge >= 0.3 is 11.1 Å². The molecule has 110 valence electrons. The first-order valence-electron chi connectivity index (χ1n) is 5.59. The summed E-state index contributed by atoms with van der Waals surface area (Å²) in [6.07, 6.45) is 0. The van der Waals surface area contributed by atoms with E-state index in [4.69, 9.17) is 10.9 Å². The van der Waals surface area contributed by atoms with Crippen LogP contribution < -0.4 is 16.9 Å². The molecule has 0 atom stereocenters. The lowest BCUT2D eigenvalue weighted by Gasteiger charge is -2.06. The van der Waals surface area contributed by atoms with Crippen LogP contribution in [0, 0.1) is 6.92 Å². The second-order valence-corrected chi connectivity index (χ2v) is 4.90. The summed E-state index contributed by atoms with van der Waals surface area (Å²) in [6.45, 7) is 1.71. The fourth-order valence-electron chi connectivity index (χ4n) is 1.40. The van der Waals surface area contributed by atoms with Gasteiger partial charge in [0, 0.05) is 12.7 Å². The van der Waals surface area contributed by atoms with E-state index in [1.54, 1.807) is 13.0 Å². The molecule has 0 saturated heterocycles. The third-order valence-corrected chi connectivity index (χ3v) is 3.25. The summed E-state index contributed by atoms with van der Waals surface area (Å²) in [5.74, 6) is -0.161. The van der Waals surface area contributed by atoms with Crippen LogP contribution in [0.25, 0.3) is 0 Å². The molecule has 0 unspecified atom stereocenters. The largest absolute Gasteiger partial charge is 0.409 e. The normalized spacial score (nSPS) is 11.6. The van der Waals surface area contributed by atoms with Gasteiger partial charge in [0.25, 0.3) is 0 Å². The molecule has 0 aliphatic heterocycles. The van der Waals surface area contributed by atoms with Gasteiger partial charge in [0.1, 0.15) is 5.69 Å². The van der Waals surface area contributed by atoms with Crippen LogP contribution in [0.5, 0.6) is 0 Å². The number of aromatic nitrogens is 5. The highest BCUT2D eigenvalue weighted by Crippen LogP contribution is 2.20. The van der Waals surface area contributed by atoms with Crippen LogP contribution in [-0.4, -0.2) is 35.8 Å². The predicted molar refractivity (Wildman–Crippen MR) is 73.5 cm³/mol. The molecule has 2 heterocycles. The zero-order valence-corrected chi connectivity index (χ0v) is 11.9. The van der Waals surface area contributed by atoms with Crippen molar-refractivity contribution in [1.29, 1.82) is 0 Å². The van der Waals surface area contributed by atoms with Crippen LogP contribution in [0.15, 0.2) is 31.1 Å². The van der Waals surface area contributed by atoms with E-state index >= 15 is 0 Å². The maximum Gasteiger partial charge on any atom is 0.339 e. The van der Waals surface area contributed by atoms with Gasteiger partial charge in [0.05, 0.1) is 0 Å². The molecule has 2 aromatic heterocycles. The predicted octanol–water partition coefficient (Wildman–Crippen LogP) is -1.19. The van der Waals surface area contributed by atoms with Gasteiger partial charge in [-0.15, -0.1) is 0 Å². The lowest BCUT2D eigenvalue weighted by Crippen LogP contribution is -2.33. The van der Waals surface area contributed by atoms with Gasteiger partial charge in [0.15, 0.2) is 16.1 Å². The number of oxime groups is 1. The monoisotopic (exact) mass is 309 g/mol. The molecule has 0 fully saturated rings. The number of nitrogens with one attached hydrogen (secondary N) is 1. The molecule has 0 aliphatic carbocycles. The first-order chi connectivity index (χ1) is 9.90. The van der Waals surface area contributed by atoms with Gasteiger partial charge in [-0.1, -0.05) is 5.16 Å². The second kappa shape index (κ2) is 5.75. The maximum atomic E-state index is 11.3. The van der Waals surface area contributed by atoms with Crippen molar-refractivity contribution >= 4 is 17.6 Å². The standard InChI is InChI=1S/C10H11N7O3S/c1-4-3-5(6(11)16-20)13-9(12-4)21-10-14-7(18)8(19)15-17(10)2/h3,20H,1-2H3,(H2,11,16)(H,15,19). The fraction of sp³-hybridized carbons (Fsp3) is 0.200. The van der Waals surface area contributed by atoms with Crippen molar-refractivity contribution in [2.75, 3.05) is 0 Å². The Labute approximate surface area is 121 Å². The number of H-pyrrole nitrogens is 1. The molecule has 0 radical (unpaired) electrons. The molecule has 2 aromatic rings. The van der Waals surface area contributed by atoms with Crippen molar-refractivity contribution in [3.63, 3.8) is 0 Å². The Bertz CT molecular complexity index is 826. The van der Waals surface area contributed by atoms with Crippen molar-refractivity contribution in [2.24, 2.45) is 17.9 Å². The smallest absolute Gasteiger partial charge is 0.339 e. The summed E-state index contributed by atoms with van der Waals surface area (Å²) < 4.78 is 1.28. The lowest BCUT2D eigenvalue weighted by molar-refractivity contribution is 0.318. The minimum absolute atomic E-state index is 0.161. The maximum absolute atomic E-state index is 11.3. The minimum atomic E-state index is -0.903. The molecule has 0 bridgehead atoms. The van der Waals surface area contributed by atoms with Crippen LogP contribution in [0.3, 0.4) is 0 Å². The molecule has 2 rings (SSSR count). The summed E-state index contributed by atoms with van der Waals surface area (Å²) in [6, 6.07) is 1.54. The van der Waals surface area contributed by atoms with E-state index < -0.39 is 11.1 Å². The molecule has 0 aliphatic rings. The number of aromatic amines is 1. The van der Waals surface area contributed by atoms with E-state index in [-0.39, 0.29) is 21.8 Å². The number of amidine groups is 1.